The average molecular weight is 146 g/mol. The molecule has 3 heteroatoms. The van der Waals surface area contributed by atoms with Crippen molar-refractivity contribution in [3.8, 4) is 0 Å². The number of unbranched alkanes of at least 4 members (excludes halogenated alkanes) is 1. The Morgan fingerprint density at radius 1 is 1.30 bits per heavy atom. The number of hydrogen-bond donors (Lipinski definition) is 0. The predicted molar refractivity (Wildman–Crippen MR) is 39.4 cm³/mol. The van der Waals surface area contributed by atoms with Gasteiger partial charge in [0.25, 0.3) is 0 Å². The zero-order valence-electron chi connectivity index (χ0n) is 6.72. The summed E-state index contributed by atoms with van der Waals surface area (Å²) in [5.74, 6) is 0. The van der Waals surface area contributed by atoms with Crippen LogP contribution in [0.5, 0.6) is 0 Å². The van der Waals surface area contributed by atoms with Crippen LogP contribution in [0.1, 0.15) is 26.7 Å². The summed E-state index contributed by atoms with van der Waals surface area (Å²) in [5.41, 5.74) is 7.11. The Labute approximate surface area is 62.5 Å². The Bertz CT molecular complexity index is 68.6. The van der Waals surface area contributed by atoms with E-state index in [0.29, 0.717) is 13.2 Å². The van der Waals surface area contributed by atoms with Gasteiger partial charge in [-0.1, -0.05) is 13.3 Å². The van der Waals surface area contributed by atoms with Gasteiger partial charge in [0, 0.05) is 6.61 Å². The zero-order chi connectivity index (χ0) is 7.82. The molecule has 0 aliphatic heterocycles. The molecule has 0 aromatic carbocycles. The summed E-state index contributed by atoms with van der Waals surface area (Å²) in [6.07, 6.45) is 1.32. The fraction of sp³-hybridized carbons (Fsp3) is 1.00. The molecule has 0 spiro atoms. The van der Waals surface area contributed by atoms with Crippen molar-refractivity contribution < 1.29 is 9.47 Å². The van der Waals surface area contributed by atoms with Gasteiger partial charge in [0.1, 0.15) is 0 Å². The minimum Gasteiger partial charge on any atom is -0.339 e. The van der Waals surface area contributed by atoms with Crippen LogP contribution < -0.4 is 5.73 Å². The summed E-state index contributed by atoms with van der Waals surface area (Å²) in [6, 6.07) is 0. The van der Waals surface area contributed by atoms with Crippen molar-refractivity contribution in [3.63, 3.8) is 0 Å². The van der Waals surface area contributed by atoms with E-state index in [4.69, 9.17) is 15.2 Å². The molecule has 0 amide bonds. The fourth-order valence-electron chi connectivity index (χ4n) is 0.534. The first-order valence-electron chi connectivity index (χ1n) is 3.75. The second kappa shape index (κ2) is 6.99. The Kier molecular flexibility index (Phi) is 6.91. The molecule has 0 aliphatic carbocycles. The molecular formula is C7H16NO2. The van der Waals surface area contributed by atoms with E-state index in [9.17, 15) is 0 Å². The van der Waals surface area contributed by atoms with Gasteiger partial charge in [-0.2, -0.15) is 0 Å². The maximum Gasteiger partial charge on any atom is 0.229 e. The molecule has 10 heavy (non-hydrogen) atoms. The van der Waals surface area contributed by atoms with Gasteiger partial charge < -0.3 is 9.47 Å². The lowest BCUT2D eigenvalue weighted by Crippen LogP contribution is -2.18. The Morgan fingerprint density at radius 3 is 2.50 bits per heavy atom. The van der Waals surface area contributed by atoms with Crippen LogP contribution in [0, 0.1) is 0 Å². The van der Waals surface area contributed by atoms with Gasteiger partial charge in [0.05, 0.1) is 6.61 Å². The van der Waals surface area contributed by atoms with E-state index < -0.39 is 6.41 Å². The van der Waals surface area contributed by atoms with Crippen LogP contribution >= 0.6 is 0 Å². The average Bonchev–Trinajstić information content (AvgIpc) is 1.89. The summed E-state index contributed by atoms with van der Waals surface area (Å²) >= 11 is 0. The molecule has 3 nitrogen and oxygen atoms in total. The van der Waals surface area contributed by atoms with Gasteiger partial charge >= 0.3 is 0 Å². The van der Waals surface area contributed by atoms with Gasteiger partial charge in [0.2, 0.25) is 6.41 Å². The lowest BCUT2D eigenvalue weighted by molar-refractivity contribution is -0.140. The van der Waals surface area contributed by atoms with Crippen LogP contribution in [0.25, 0.3) is 0 Å². The van der Waals surface area contributed by atoms with Crippen LogP contribution in [0.15, 0.2) is 0 Å². The van der Waals surface area contributed by atoms with Gasteiger partial charge in [-0.15, -0.1) is 0 Å². The molecule has 0 saturated carbocycles. The third kappa shape index (κ3) is 6.01. The van der Waals surface area contributed by atoms with Crippen LogP contribution in [-0.4, -0.2) is 19.6 Å². The third-order valence-electron chi connectivity index (χ3n) is 1.09. The summed E-state index contributed by atoms with van der Waals surface area (Å²) < 4.78 is 9.80. The highest BCUT2D eigenvalue weighted by Gasteiger charge is 1.98. The number of nitrogens with one attached hydrogen (secondary N) is 1. The minimum absolute atomic E-state index is 0.542. The third-order valence-corrected chi connectivity index (χ3v) is 1.09. The zero-order valence-corrected chi connectivity index (χ0v) is 6.72. The van der Waals surface area contributed by atoms with E-state index in [2.05, 4.69) is 6.92 Å². The normalized spacial score (nSPS) is 13.5. The molecule has 61 valence electrons. The number of rotatable bonds is 6. The smallest absolute Gasteiger partial charge is 0.229 e. The SMILES string of the molecule is CCCCOC([NH])OCC. The van der Waals surface area contributed by atoms with Crippen molar-refractivity contribution in [2.45, 2.75) is 33.1 Å². The second-order valence-corrected chi connectivity index (χ2v) is 2.01. The number of ether oxygens (including phenoxy) is 2. The largest absolute Gasteiger partial charge is 0.339 e. The van der Waals surface area contributed by atoms with Gasteiger partial charge in [-0.05, 0) is 13.3 Å². The molecule has 0 heterocycles. The summed E-state index contributed by atoms with van der Waals surface area (Å²) in [7, 11) is 0. The van der Waals surface area contributed by atoms with Gasteiger partial charge in [-0.3, -0.25) is 0 Å². The summed E-state index contributed by atoms with van der Waals surface area (Å²) in [6.45, 7) is 5.11. The van der Waals surface area contributed by atoms with E-state index in [1.807, 2.05) is 6.92 Å². The fourth-order valence-corrected chi connectivity index (χ4v) is 0.534. The Balaban J connectivity index is 2.97. The van der Waals surface area contributed by atoms with Crippen molar-refractivity contribution >= 4 is 0 Å². The van der Waals surface area contributed by atoms with Crippen molar-refractivity contribution in [3.05, 3.63) is 0 Å². The van der Waals surface area contributed by atoms with Crippen LogP contribution in [0.3, 0.4) is 0 Å². The summed E-state index contributed by atoms with van der Waals surface area (Å²) in [5, 5.41) is 0. The minimum atomic E-state index is -0.781. The Morgan fingerprint density at radius 2 is 2.00 bits per heavy atom. The van der Waals surface area contributed by atoms with E-state index in [0.717, 1.165) is 12.8 Å². The molecule has 0 bridgehead atoms. The Hall–Kier alpha value is -0.120. The highest BCUT2D eigenvalue weighted by Crippen LogP contribution is 1.92. The van der Waals surface area contributed by atoms with E-state index in [1.54, 1.807) is 0 Å². The molecule has 0 aromatic rings. The predicted octanol–water partition coefficient (Wildman–Crippen LogP) is 1.41. The van der Waals surface area contributed by atoms with Crippen molar-refractivity contribution in [2.75, 3.05) is 13.2 Å². The first-order valence-corrected chi connectivity index (χ1v) is 3.75. The van der Waals surface area contributed by atoms with Crippen molar-refractivity contribution in [1.29, 1.82) is 0 Å². The molecule has 0 aliphatic rings. The van der Waals surface area contributed by atoms with E-state index >= 15 is 0 Å². The summed E-state index contributed by atoms with van der Waals surface area (Å²) in [4.78, 5) is 0. The monoisotopic (exact) mass is 146 g/mol. The molecule has 1 radical (unpaired) electrons. The van der Waals surface area contributed by atoms with Crippen molar-refractivity contribution in [2.24, 2.45) is 0 Å². The standard InChI is InChI=1S/C7H16NO2/c1-3-5-6-10-7(8)9-4-2/h7-8H,3-6H2,1-2H3. The first kappa shape index (κ1) is 9.88. The maximum atomic E-state index is 7.11. The second-order valence-electron chi connectivity index (χ2n) is 2.01. The molecule has 1 unspecified atom stereocenters. The van der Waals surface area contributed by atoms with Gasteiger partial charge in [-0.25, -0.2) is 5.73 Å². The van der Waals surface area contributed by atoms with E-state index in [1.165, 1.54) is 0 Å². The first-order chi connectivity index (χ1) is 4.81. The quantitative estimate of drug-likeness (QED) is 0.420. The maximum absolute atomic E-state index is 7.11. The number of hydrogen-bond acceptors (Lipinski definition) is 2. The van der Waals surface area contributed by atoms with Crippen LogP contribution in [0.4, 0.5) is 0 Å². The molecule has 0 saturated heterocycles. The molecule has 0 aromatic heterocycles. The van der Waals surface area contributed by atoms with Gasteiger partial charge in [0.15, 0.2) is 0 Å². The highest BCUT2D eigenvalue weighted by molar-refractivity contribution is 4.32. The van der Waals surface area contributed by atoms with Crippen LogP contribution in [0.2, 0.25) is 0 Å². The topological polar surface area (TPSA) is 42.3 Å². The molecule has 1 atom stereocenters. The lowest BCUT2D eigenvalue weighted by atomic mass is 10.4. The van der Waals surface area contributed by atoms with Crippen LogP contribution in [-0.2, 0) is 9.47 Å². The van der Waals surface area contributed by atoms with Crippen molar-refractivity contribution in [1.82, 2.24) is 5.73 Å². The van der Waals surface area contributed by atoms with E-state index in [-0.39, 0.29) is 0 Å². The molecule has 0 fully saturated rings. The highest BCUT2D eigenvalue weighted by atomic mass is 16.7. The molecular weight excluding hydrogens is 130 g/mol. The molecule has 1 N–H and O–H groups in total. The molecule has 0 rings (SSSR count). The lowest BCUT2D eigenvalue weighted by Gasteiger charge is -2.10.